The van der Waals surface area contributed by atoms with Gasteiger partial charge in [-0.3, -0.25) is 4.79 Å². The van der Waals surface area contributed by atoms with Gasteiger partial charge in [0.25, 0.3) is 0 Å². The lowest BCUT2D eigenvalue weighted by atomic mass is 10.2. The molecule has 1 atom stereocenters. The predicted molar refractivity (Wildman–Crippen MR) is 77.1 cm³/mol. The molecule has 2 N–H and O–H groups in total. The molecule has 0 aliphatic carbocycles. The van der Waals surface area contributed by atoms with Crippen molar-refractivity contribution in [3.05, 3.63) is 28.8 Å². The summed E-state index contributed by atoms with van der Waals surface area (Å²) in [4.78, 5) is 11.9. The number of carbonyl (C=O) groups excluding carboxylic acids is 1. The fourth-order valence-electron chi connectivity index (χ4n) is 1.43. The van der Waals surface area contributed by atoms with E-state index in [0.717, 1.165) is 17.8 Å². The van der Waals surface area contributed by atoms with Crippen molar-refractivity contribution in [2.24, 2.45) is 5.92 Å². The largest absolute Gasteiger partial charge is 0.325 e. The zero-order valence-corrected chi connectivity index (χ0v) is 12.1. The minimum atomic E-state index is -0.215. The van der Waals surface area contributed by atoms with Gasteiger partial charge >= 0.3 is 0 Å². The van der Waals surface area contributed by atoms with Crippen molar-refractivity contribution in [2.75, 3.05) is 11.9 Å². The molecule has 0 saturated heterocycles. The molecule has 100 valence electrons. The molecule has 0 aromatic heterocycles. The van der Waals surface area contributed by atoms with E-state index in [4.69, 9.17) is 11.6 Å². The van der Waals surface area contributed by atoms with Crippen molar-refractivity contribution >= 4 is 23.2 Å². The molecule has 1 amide bonds. The second kappa shape index (κ2) is 6.76. The lowest BCUT2D eigenvalue weighted by molar-refractivity contribution is -0.117. The number of halogens is 1. The fourth-order valence-corrected chi connectivity index (χ4v) is 1.61. The van der Waals surface area contributed by atoms with Crippen molar-refractivity contribution in [3.63, 3.8) is 0 Å². The molecule has 0 saturated carbocycles. The Balaban J connectivity index is 2.55. The second-order valence-electron chi connectivity index (χ2n) is 4.98. The van der Waals surface area contributed by atoms with E-state index >= 15 is 0 Å². The quantitative estimate of drug-likeness (QED) is 0.861. The van der Waals surface area contributed by atoms with Crippen LogP contribution >= 0.6 is 11.6 Å². The van der Waals surface area contributed by atoms with Crippen molar-refractivity contribution in [2.45, 2.75) is 33.7 Å². The van der Waals surface area contributed by atoms with Crippen LogP contribution in [0, 0.1) is 12.8 Å². The molecule has 0 radical (unpaired) electrons. The van der Waals surface area contributed by atoms with Gasteiger partial charge in [0.1, 0.15) is 0 Å². The van der Waals surface area contributed by atoms with Gasteiger partial charge in [0.15, 0.2) is 0 Å². The number of hydrogen-bond donors (Lipinski definition) is 2. The first-order valence-corrected chi connectivity index (χ1v) is 6.58. The monoisotopic (exact) mass is 268 g/mol. The Morgan fingerprint density at radius 3 is 2.56 bits per heavy atom. The van der Waals surface area contributed by atoms with Crippen LogP contribution in [0.2, 0.25) is 5.02 Å². The van der Waals surface area contributed by atoms with E-state index in [1.165, 1.54) is 0 Å². The number of hydrogen-bond acceptors (Lipinski definition) is 2. The maximum absolute atomic E-state index is 11.9. The van der Waals surface area contributed by atoms with Crippen LogP contribution in [0.15, 0.2) is 18.2 Å². The summed E-state index contributed by atoms with van der Waals surface area (Å²) in [5.74, 6) is 0.477. The first kappa shape index (κ1) is 15.0. The van der Waals surface area contributed by atoms with E-state index in [0.29, 0.717) is 10.9 Å². The summed E-state index contributed by atoms with van der Waals surface area (Å²) in [5, 5.41) is 6.69. The molecule has 1 aromatic rings. The predicted octanol–water partition coefficient (Wildman–Crippen LogP) is 3.22. The highest BCUT2D eigenvalue weighted by atomic mass is 35.5. The summed E-state index contributed by atoms with van der Waals surface area (Å²) in [6, 6.07) is 5.30. The highest BCUT2D eigenvalue weighted by Crippen LogP contribution is 2.19. The van der Waals surface area contributed by atoms with Crippen molar-refractivity contribution in [1.29, 1.82) is 0 Å². The third-order valence-corrected chi connectivity index (χ3v) is 3.07. The molecular weight excluding hydrogens is 248 g/mol. The van der Waals surface area contributed by atoms with E-state index in [1.807, 2.05) is 26.0 Å². The molecule has 0 aliphatic rings. The van der Waals surface area contributed by atoms with Gasteiger partial charge in [0.2, 0.25) is 5.91 Å². The highest BCUT2D eigenvalue weighted by molar-refractivity contribution is 6.31. The average Bonchev–Trinajstić information content (AvgIpc) is 2.30. The Labute approximate surface area is 114 Å². The molecule has 4 heteroatoms. The number of anilines is 1. The van der Waals surface area contributed by atoms with E-state index in [9.17, 15) is 4.79 Å². The van der Waals surface area contributed by atoms with Crippen molar-refractivity contribution in [3.8, 4) is 0 Å². The van der Waals surface area contributed by atoms with Crippen molar-refractivity contribution in [1.82, 2.24) is 5.32 Å². The lowest BCUT2D eigenvalue weighted by Gasteiger charge is -2.15. The molecule has 1 aromatic carbocycles. The molecule has 1 rings (SSSR count). The minimum absolute atomic E-state index is 0.0458. The molecular formula is C14H21ClN2O. The molecule has 0 bridgehead atoms. The maximum atomic E-state index is 11.9. The van der Waals surface area contributed by atoms with Crippen LogP contribution in [-0.2, 0) is 4.79 Å². The molecule has 0 unspecified atom stereocenters. The summed E-state index contributed by atoms with van der Waals surface area (Å²) in [5.41, 5.74) is 1.73. The van der Waals surface area contributed by atoms with Crippen LogP contribution in [0.3, 0.4) is 0 Å². The van der Waals surface area contributed by atoms with Gasteiger partial charge in [0, 0.05) is 10.7 Å². The van der Waals surface area contributed by atoms with Gasteiger partial charge in [-0.2, -0.15) is 0 Å². The van der Waals surface area contributed by atoms with Crippen LogP contribution in [0.1, 0.15) is 26.3 Å². The molecule has 3 nitrogen and oxygen atoms in total. The third kappa shape index (κ3) is 4.67. The number of benzene rings is 1. The van der Waals surface area contributed by atoms with E-state index in [-0.39, 0.29) is 11.9 Å². The number of amides is 1. The first-order chi connectivity index (χ1) is 8.40. The third-order valence-electron chi connectivity index (χ3n) is 2.66. The number of nitrogens with one attached hydrogen (secondary N) is 2. The Kier molecular flexibility index (Phi) is 5.63. The number of rotatable bonds is 5. The normalized spacial score (nSPS) is 12.6. The summed E-state index contributed by atoms with van der Waals surface area (Å²) in [6.07, 6.45) is 0. The number of aryl methyl sites for hydroxylation is 1. The average molecular weight is 269 g/mol. The topological polar surface area (TPSA) is 41.1 Å². The van der Waals surface area contributed by atoms with Gasteiger partial charge in [-0.1, -0.05) is 31.5 Å². The van der Waals surface area contributed by atoms with Crippen LogP contribution in [0.4, 0.5) is 5.69 Å². The summed E-state index contributed by atoms with van der Waals surface area (Å²) < 4.78 is 0. The Morgan fingerprint density at radius 2 is 2.00 bits per heavy atom. The standard InChI is InChI=1S/C14H21ClN2O/c1-9(2)8-16-11(4)14(18)17-12-6-5-10(3)13(15)7-12/h5-7,9,11,16H,8H2,1-4H3,(H,17,18)/t11-/m0/s1. The number of carbonyl (C=O) groups is 1. The second-order valence-corrected chi connectivity index (χ2v) is 5.38. The fraction of sp³-hybridized carbons (Fsp3) is 0.500. The zero-order chi connectivity index (χ0) is 13.7. The van der Waals surface area contributed by atoms with E-state index in [1.54, 1.807) is 6.07 Å². The minimum Gasteiger partial charge on any atom is -0.325 e. The van der Waals surface area contributed by atoms with Gasteiger partial charge in [-0.15, -0.1) is 0 Å². The van der Waals surface area contributed by atoms with Gasteiger partial charge in [-0.25, -0.2) is 0 Å². The van der Waals surface area contributed by atoms with Crippen LogP contribution in [0.25, 0.3) is 0 Å². The molecule has 0 fully saturated rings. The van der Waals surface area contributed by atoms with E-state index < -0.39 is 0 Å². The maximum Gasteiger partial charge on any atom is 0.241 e. The molecule has 18 heavy (non-hydrogen) atoms. The molecule has 0 heterocycles. The van der Waals surface area contributed by atoms with Gasteiger partial charge in [0.05, 0.1) is 6.04 Å². The smallest absolute Gasteiger partial charge is 0.241 e. The summed E-state index contributed by atoms with van der Waals surface area (Å²) in [7, 11) is 0. The Morgan fingerprint density at radius 1 is 1.33 bits per heavy atom. The van der Waals surface area contributed by atoms with E-state index in [2.05, 4.69) is 24.5 Å². The van der Waals surface area contributed by atoms with Crippen LogP contribution in [-0.4, -0.2) is 18.5 Å². The molecule has 0 aliphatic heterocycles. The Hall–Kier alpha value is -1.06. The van der Waals surface area contributed by atoms with Gasteiger partial charge < -0.3 is 10.6 Å². The molecule has 0 spiro atoms. The zero-order valence-electron chi connectivity index (χ0n) is 11.4. The van der Waals surface area contributed by atoms with Crippen LogP contribution < -0.4 is 10.6 Å². The Bertz CT molecular complexity index is 418. The summed E-state index contributed by atoms with van der Waals surface area (Å²) in [6.45, 7) is 8.83. The van der Waals surface area contributed by atoms with Crippen LogP contribution in [0.5, 0.6) is 0 Å². The lowest BCUT2D eigenvalue weighted by Crippen LogP contribution is -2.39. The highest BCUT2D eigenvalue weighted by Gasteiger charge is 2.12. The summed E-state index contributed by atoms with van der Waals surface area (Å²) >= 11 is 6.01. The van der Waals surface area contributed by atoms with Crippen molar-refractivity contribution < 1.29 is 4.79 Å². The van der Waals surface area contributed by atoms with Gasteiger partial charge in [-0.05, 0) is 44.0 Å². The SMILES string of the molecule is Cc1ccc(NC(=O)[C@H](C)NCC(C)C)cc1Cl. The first-order valence-electron chi connectivity index (χ1n) is 6.20.